The van der Waals surface area contributed by atoms with Gasteiger partial charge in [0.2, 0.25) is 0 Å². The number of hydrogen-bond donors (Lipinski definition) is 0. The number of nitrogens with zero attached hydrogens (tertiary/aromatic N) is 3. The van der Waals surface area contributed by atoms with E-state index in [0.29, 0.717) is 17.5 Å². The maximum atomic E-state index is 6.27. The summed E-state index contributed by atoms with van der Waals surface area (Å²) in [4.78, 5) is 15.1. The molecule has 10 rings (SSSR count). The zero-order valence-corrected chi connectivity index (χ0v) is 24.4. The van der Waals surface area contributed by atoms with Gasteiger partial charge in [-0.1, -0.05) is 97.1 Å². The molecule has 0 N–H and O–H groups in total. The highest BCUT2D eigenvalue weighted by atomic mass is 16.3. The quantitative estimate of drug-likeness (QED) is 0.192. The molecule has 0 saturated heterocycles. The summed E-state index contributed by atoms with van der Waals surface area (Å²) in [7, 11) is 0. The number of fused-ring (bicyclic) bond motifs is 10. The summed E-state index contributed by atoms with van der Waals surface area (Å²) in [6, 6.07) is 47.6. The normalized spacial score (nSPS) is 11.9. The first-order valence-corrected chi connectivity index (χ1v) is 15.3. The van der Waals surface area contributed by atoms with Crippen molar-refractivity contribution in [2.75, 3.05) is 0 Å². The minimum atomic E-state index is 0.609. The second-order valence-corrected chi connectivity index (χ2v) is 11.6. The molecule has 5 heteroatoms. The van der Waals surface area contributed by atoms with E-state index in [0.717, 1.165) is 82.1 Å². The van der Waals surface area contributed by atoms with Crippen molar-refractivity contribution in [1.29, 1.82) is 0 Å². The van der Waals surface area contributed by atoms with Gasteiger partial charge in [0.15, 0.2) is 17.5 Å². The predicted octanol–water partition coefficient (Wildman–Crippen LogP) is 11.0. The maximum absolute atomic E-state index is 6.27. The summed E-state index contributed by atoms with van der Waals surface area (Å²) in [5, 5.41) is 8.92. The topological polar surface area (TPSA) is 65.0 Å². The molecule has 0 aliphatic rings. The van der Waals surface area contributed by atoms with Gasteiger partial charge >= 0.3 is 0 Å². The van der Waals surface area contributed by atoms with Crippen LogP contribution in [-0.2, 0) is 0 Å². The lowest BCUT2D eigenvalue weighted by molar-refractivity contribution is 0.668. The van der Waals surface area contributed by atoms with Crippen LogP contribution in [0.5, 0.6) is 0 Å². The molecule has 10 aromatic rings. The lowest BCUT2D eigenvalue weighted by Crippen LogP contribution is -2.00. The Morgan fingerprint density at radius 2 is 0.848 bits per heavy atom. The van der Waals surface area contributed by atoms with Gasteiger partial charge in [0.05, 0.1) is 0 Å². The zero-order valence-electron chi connectivity index (χ0n) is 24.4. The Labute approximate surface area is 262 Å². The Balaban J connectivity index is 1.23. The standard InChI is InChI=1S/C41H23N3O2/c1-2-8-26(9-3-1)39-42-40(44-41(43-39)28-19-20-35-32(23-28)29-10-4-6-12-33(29)45-35)27-17-15-24-14-16-25-18-21-36-38(37(25)31(24)22-27)30-11-5-7-13-34(30)46-36/h1-23H. The van der Waals surface area contributed by atoms with Crippen LogP contribution in [0.25, 0.3) is 99.6 Å². The van der Waals surface area contributed by atoms with Crippen LogP contribution in [0, 0.1) is 0 Å². The van der Waals surface area contributed by atoms with E-state index in [-0.39, 0.29) is 0 Å². The van der Waals surface area contributed by atoms with Crippen molar-refractivity contribution in [1.82, 2.24) is 15.0 Å². The molecule has 0 spiro atoms. The number of para-hydroxylation sites is 2. The average molecular weight is 590 g/mol. The van der Waals surface area contributed by atoms with Gasteiger partial charge in [0.25, 0.3) is 0 Å². The smallest absolute Gasteiger partial charge is 0.164 e. The average Bonchev–Trinajstić information content (AvgIpc) is 3.69. The molecule has 0 saturated carbocycles. The molecular weight excluding hydrogens is 566 g/mol. The van der Waals surface area contributed by atoms with Gasteiger partial charge in [-0.25, -0.2) is 15.0 Å². The number of rotatable bonds is 3. The van der Waals surface area contributed by atoms with Crippen LogP contribution >= 0.6 is 0 Å². The van der Waals surface area contributed by atoms with Crippen molar-refractivity contribution in [3.63, 3.8) is 0 Å². The monoisotopic (exact) mass is 589 g/mol. The number of aromatic nitrogens is 3. The van der Waals surface area contributed by atoms with Crippen molar-refractivity contribution >= 4 is 65.4 Å². The van der Waals surface area contributed by atoms with Crippen molar-refractivity contribution in [2.24, 2.45) is 0 Å². The summed E-state index contributed by atoms with van der Waals surface area (Å²) >= 11 is 0. The Morgan fingerprint density at radius 3 is 1.65 bits per heavy atom. The predicted molar refractivity (Wildman–Crippen MR) is 186 cm³/mol. The summed E-state index contributed by atoms with van der Waals surface area (Å²) in [5.74, 6) is 1.85. The molecule has 3 aromatic heterocycles. The molecule has 46 heavy (non-hydrogen) atoms. The van der Waals surface area contributed by atoms with Gasteiger partial charge in [-0.15, -0.1) is 0 Å². The van der Waals surface area contributed by atoms with Crippen LogP contribution in [0.4, 0.5) is 0 Å². The summed E-state index contributed by atoms with van der Waals surface area (Å²) in [6.45, 7) is 0. The fourth-order valence-electron chi connectivity index (χ4n) is 6.71. The van der Waals surface area contributed by atoms with Crippen molar-refractivity contribution in [3.05, 3.63) is 140 Å². The second-order valence-electron chi connectivity index (χ2n) is 11.6. The number of furan rings is 2. The molecule has 0 fully saturated rings. The lowest BCUT2D eigenvalue weighted by atomic mass is 9.96. The fraction of sp³-hybridized carbons (Fsp3) is 0. The third-order valence-electron chi connectivity index (χ3n) is 8.90. The zero-order chi connectivity index (χ0) is 30.2. The van der Waals surface area contributed by atoms with Crippen molar-refractivity contribution in [2.45, 2.75) is 0 Å². The first-order chi connectivity index (χ1) is 22.8. The van der Waals surface area contributed by atoms with E-state index in [1.807, 2.05) is 72.8 Å². The van der Waals surface area contributed by atoms with Crippen molar-refractivity contribution in [3.8, 4) is 34.2 Å². The van der Waals surface area contributed by atoms with Crippen LogP contribution in [0.2, 0.25) is 0 Å². The third kappa shape index (κ3) is 3.79. The first kappa shape index (κ1) is 25.0. The first-order valence-electron chi connectivity index (χ1n) is 15.3. The highest BCUT2D eigenvalue weighted by molar-refractivity contribution is 6.26. The maximum Gasteiger partial charge on any atom is 0.164 e. The van der Waals surface area contributed by atoms with Gasteiger partial charge in [0.1, 0.15) is 22.3 Å². The molecular formula is C41H23N3O2. The summed E-state index contributed by atoms with van der Waals surface area (Å²) in [5.41, 5.74) is 6.21. The molecule has 0 atom stereocenters. The van der Waals surface area contributed by atoms with E-state index in [1.165, 1.54) is 0 Å². The Kier molecular flexibility index (Phi) is 5.22. The minimum absolute atomic E-state index is 0.609. The van der Waals surface area contributed by atoms with Gasteiger partial charge < -0.3 is 8.83 Å². The van der Waals surface area contributed by atoms with E-state index in [2.05, 4.69) is 66.7 Å². The molecule has 214 valence electrons. The minimum Gasteiger partial charge on any atom is -0.456 e. The highest BCUT2D eigenvalue weighted by Crippen LogP contribution is 2.39. The Hall–Kier alpha value is -6.33. The SMILES string of the molecule is c1ccc(-c2nc(-c3ccc4oc5ccccc5c4c3)nc(-c3ccc4ccc5ccc6oc7ccccc7c6c5c4c3)n2)cc1. The largest absolute Gasteiger partial charge is 0.456 e. The van der Waals surface area contributed by atoms with E-state index >= 15 is 0 Å². The molecule has 0 bridgehead atoms. The molecule has 7 aromatic carbocycles. The van der Waals surface area contributed by atoms with Gasteiger partial charge in [-0.05, 0) is 58.6 Å². The van der Waals surface area contributed by atoms with E-state index in [1.54, 1.807) is 0 Å². The summed E-state index contributed by atoms with van der Waals surface area (Å²) < 4.78 is 12.4. The van der Waals surface area contributed by atoms with Crippen LogP contribution in [-0.4, -0.2) is 15.0 Å². The van der Waals surface area contributed by atoms with Crippen LogP contribution in [0.15, 0.2) is 148 Å². The second kappa shape index (κ2) is 9.58. The van der Waals surface area contributed by atoms with E-state index in [4.69, 9.17) is 23.8 Å². The van der Waals surface area contributed by atoms with Crippen LogP contribution in [0.3, 0.4) is 0 Å². The van der Waals surface area contributed by atoms with Gasteiger partial charge in [0, 0.05) is 43.6 Å². The number of hydrogen-bond acceptors (Lipinski definition) is 5. The van der Waals surface area contributed by atoms with E-state index in [9.17, 15) is 0 Å². The molecule has 3 heterocycles. The summed E-state index contributed by atoms with van der Waals surface area (Å²) in [6.07, 6.45) is 0. The third-order valence-corrected chi connectivity index (χ3v) is 8.90. The number of benzene rings is 7. The molecule has 0 unspecified atom stereocenters. The molecule has 0 aliphatic heterocycles. The van der Waals surface area contributed by atoms with Crippen LogP contribution in [0.1, 0.15) is 0 Å². The van der Waals surface area contributed by atoms with Crippen molar-refractivity contribution < 1.29 is 8.83 Å². The lowest BCUT2D eigenvalue weighted by Gasteiger charge is -2.11. The fourth-order valence-corrected chi connectivity index (χ4v) is 6.71. The molecule has 0 amide bonds. The van der Waals surface area contributed by atoms with Crippen LogP contribution < -0.4 is 0 Å². The molecule has 0 radical (unpaired) electrons. The molecule has 5 nitrogen and oxygen atoms in total. The molecule has 0 aliphatic carbocycles. The Bertz CT molecular complexity index is 2810. The Morgan fingerprint density at radius 1 is 0.326 bits per heavy atom. The highest BCUT2D eigenvalue weighted by Gasteiger charge is 2.17. The van der Waals surface area contributed by atoms with E-state index < -0.39 is 0 Å². The van der Waals surface area contributed by atoms with Gasteiger partial charge in [-0.3, -0.25) is 0 Å². The van der Waals surface area contributed by atoms with Gasteiger partial charge in [-0.2, -0.15) is 0 Å².